The van der Waals surface area contributed by atoms with Crippen LogP contribution in [0.3, 0.4) is 0 Å². The third kappa shape index (κ3) is 4.55. The average molecular weight is 664 g/mol. The Kier molecular flexibility index (Phi) is 7.16. The SMILES string of the molecule is C[C@H]1C[C@@H](CC(=O)N2Cc3ccccc3C[C@H]2CO)O[C@]12C(=O)N(Cc1ccc(N3C(=O)c4cccc5cccc3c45)cc1)c1ccccc12. The molecule has 50 heavy (non-hydrogen) atoms. The maximum Gasteiger partial charge on any atom is 0.264 e. The summed E-state index contributed by atoms with van der Waals surface area (Å²) in [6.07, 6.45) is 0.900. The van der Waals surface area contributed by atoms with Crippen LogP contribution >= 0.6 is 0 Å². The standard InChI is InChI=1S/C42H37N3O5/c1-26-20-33(22-38(47)43-24-30-9-3-2-8-29(30)21-32(43)25-46)50-42(26)35-13-4-5-14-36(35)44(41(42)49)23-27-16-18-31(19-17-27)45-37-15-7-11-28-10-6-12-34(39(28)37)40(45)48/h2-19,26,32-33,46H,20-25H2,1H3/t26-,32-,33-,42+/m0/s1. The first kappa shape index (κ1) is 30.7. The lowest BCUT2D eigenvalue weighted by atomic mass is 9.83. The second-order valence-corrected chi connectivity index (χ2v) is 14.0. The summed E-state index contributed by atoms with van der Waals surface area (Å²) in [4.78, 5) is 47.1. The van der Waals surface area contributed by atoms with Crippen molar-refractivity contribution in [2.24, 2.45) is 5.92 Å². The van der Waals surface area contributed by atoms with Crippen LogP contribution in [-0.4, -0.2) is 46.5 Å². The van der Waals surface area contributed by atoms with Gasteiger partial charge in [-0.3, -0.25) is 19.3 Å². The predicted molar refractivity (Wildman–Crippen MR) is 191 cm³/mol. The van der Waals surface area contributed by atoms with Gasteiger partial charge in [0.2, 0.25) is 5.91 Å². The fraction of sp³-hybridized carbons (Fsp3) is 0.262. The van der Waals surface area contributed by atoms with Crippen molar-refractivity contribution in [1.29, 1.82) is 0 Å². The van der Waals surface area contributed by atoms with Crippen LogP contribution in [0, 0.1) is 5.92 Å². The first-order valence-corrected chi connectivity index (χ1v) is 17.4. The lowest BCUT2D eigenvalue weighted by Gasteiger charge is -2.36. The van der Waals surface area contributed by atoms with Crippen LogP contribution in [0.25, 0.3) is 10.8 Å². The van der Waals surface area contributed by atoms with Crippen LogP contribution in [0.4, 0.5) is 17.1 Å². The summed E-state index contributed by atoms with van der Waals surface area (Å²) in [6, 6.07) is 35.2. The van der Waals surface area contributed by atoms with Gasteiger partial charge in [-0.05, 0) is 65.3 Å². The van der Waals surface area contributed by atoms with Crippen LogP contribution in [0.15, 0.2) is 109 Å². The molecule has 4 aliphatic heterocycles. The molecule has 0 radical (unpaired) electrons. The molecular weight excluding hydrogens is 626 g/mol. The van der Waals surface area contributed by atoms with Gasteiger partial charge in [-0.2, -0.15) is 0 Å². The number of amides is 3. The fourth-order valence-electron chi connectivity index (χ4n) is 8.77. The largest absolute Gasteiger partial charge is 0.394 e. The smallest absolute Gasteiger partial charge is 0.264 e. The molecule has 1 saturated heterocycles. The van der Waals surface area contributed by atoms with Crippen molar-refractivity contribution in [3.63, 3.8) is 0 Å². The molecule has 0 aliphatic carbocycles. The highest BCUT2D eigenvalue weighted by Gasteiger charge is 2.60. The normalized spacial score (nSPS) is 23.6. The van der Waals surface area contributed by atoms with Crippen LogP contribution in [0.5, 0.6) is 0 Å². The molecule has 250 valence electrons. The minimum atomic E-state index is -1.18. The third-order valence-corrected chi connectivity index (χ3v) is 11.2. The molecule has 3 amide bonds. The second-order valence-electron chi connectivity index (χ2n) is 14.0. The zero-order valence-electron chi connectivity index (χ0n) is 27.8. The number of carbonyl (C=O) groups is 3. The van der Waals surface area contributed by atoms with Gasteiger partial charge in [-0.25, -0.2) is 0 Å². The number of aliphatic hydroxyl groups excluding tert-OH is 1. The summed E-state index contributed by atoms with van der Waals surface area (Å²) < 4.78 is 6.74. The van der Waals surface area contributed by atoms with Gasteiger partial charge in [0.05, 0.1) is 48.7 Å². The Morgan fingerprint density at radius 2 is 1.58 bits per heavy atom. The van der Waals surface area contributed by atoms with Crippen LogP contribution in [-0.2, 0) is 39.4 Å². The van der Waals surface area contributed by atoms with E-state index in [0.29, 0.717) is 31.5 Å². The Morgan fingerprint density at radius 1 is 0.860 bits per heavy atom. The quantitative estimate of drug-likeness (QED) is 0.220. The van der Waals surface area contributed by atoms with Gasteiger partial charge in [0.25, 0.3) is 11.8 Å². The third-order valence-electron chi connectivity index (χ3n) is 11.2. The highest BCUT2D eigenvalue weighted by Crippen LogP contribution is 2.54. The summed E-state index contributed by atoms with van der Waals surface area (Å²) in [5.74, 6) is -0.392. The number of carbonyl (C=O) groups excluding carboxylic acids is 3. The molecule has 1 spiro atoms. The van der Waals surface area contributed by atoms with Gasteiger partial charge < -0.3 is 19.6 Å². The molecule has 1 N–H and O–H groups in total. The molecule has 0 saturated carbocycles. The molecule has 8 nitrogen and oxygen atoms in total. The van der Waals surface area contributed by atoms with Crippen molar-refractivity contribution in [2.75, 3.05) is 16.4 Å². The fourth-order valence-corrected chi connectivity index (χ4v) is 8.77. The number of benzene rings is 5. The molecule has 5 aromatic rings. The Hall–Kier alpha value is -5.31. The maximum absolute atomic E-state index is 14.5. The Bertz CT molecular complexity index is 2190. The van der Waals surface area contributed by atoms with Crippen LogP contribution < -0.4 is 9.80 Å². The topological polar surface area (TPSA) is 90.4 Å². The highest BCUT2D eigenvalue weighted by molar-refractivity contribution is 6.27. The minimum absolute atomic E-state index is 0.0486. The van der Waals surface area contributed by atoms with E-state index < -0.39 is 11.7 Å². The summed E-state index contributed by atoms with van der Waals surface area (Å²) >= 11 is 0. The van der Waals surface area contributed by atoms with Gasteiger partial charge in [0, 0.05) is 29.1 Å². The summed E-state index contributed by atoms with van der Waals surface area (Å²) in [5.41, 5.74) is 5.99. The van der Waals surface area contributed by atoms with E-state index in [1.807, 2.05) is 110 Å². The minimum Gasteiger partial charge on any atom is -0.394 e. The molecule has 4 aliphatic rings. The summed E-state index contributed by atoms with van der Waals surface area (Å²) in [7, 11) is 0. The number of nitrogens with zero attached hydrogens (tertiary/aromatic N) is 3. The Balaban J connectivity index is 0.947. The number of anilines is 3. The van der Waals surface area contributed by atoms with E-state index in [1.54, 1.807) is 14.7 Å². The number of aliphatic hydroxyl groups is 1. The van der Waals surface area contributed by atoms with E-state index in [0.717, 1.165) is 50.1 Å². The summed E-state index contributed by atoms with van der Waals surface area (Å²) in [6.45, 7) is 2.73. The number of fused-ring (bicyclic) bond motifs is 3. The molecule has 4 heterocycles. The molecule has 4 atom stereocenters. The molecule has 8 heteroatoms. The van der Waals surface area contributed by atoms with Crippen molar-refractivity contribution in [1.82, 2.24) is 4.90 Å². The van der Waals surface area contributed by atoms with E-state index in [4.69, 9.17) is 4.74 Å². The van der Waals surface area contributed by atoms with E-state index in [2.05, 4.69) is 6.07 Å². The predicted octanol–water partition coefficient (Wildman–Crippen LogP) is 6.63. The molecule has 0 bridgehead atoms. The molecule has 1 fully saturated rings. The molecule has 9 rings (SSSR count). The Morgan fingerprint density at radius 3 is 2.38 bits per heavy atom. The molecule has 0 unspecified atom stereocenters. The van der Waals surface area contributed by atoms with Gasteiger partial charge in [-0.1, -0.05) is 85.8 Å². The van der Waals surface area contributed by atoms with Crippen molar-refractivity contribution in [3.05, 3.63) is 137 Å². The second kappa shape index (κ2) is 11.6. The van der Waals surface area contributed by atoms with E-state index in [1.165, 1.54) is 0 Å². The number of hydrogen-bond donors (Lipinski definition) is 1. The first-order valence-electron chi connectivity index (χ1n) is 17.4. The number of rotatable bonds is 6. The van der Waals surface area contributed by atoms with E-state index >= 15 is 0 Å². The van der Waals surface area contributed by atoms with Crippen molar-refractivity contribution >= 4 is 45.6 Å². The monoisotopic (exact) mass is 663 g/mol. The van der Waals surface area contributed by atoms with Crippen molar-refractivity contribution in [2.45, 2.75) is 57.0 Å². The van der Waals surface area contributed by atoms with E-state index in [-0.39, 0.29) is 42.7 Å². The van der Waals surface area contributed by atoms with Gasteiger partial charge in [0.15, 0.2) is 5.60 Å². The number of para-hydroxylation sites is 1. The Labute approximate surface area is 290 Å². The maximum atomic E-state index is 14.5. The number of ether oxygens (including phenoxy) is 1. The molecular formula is C42H37N3O5. The first-order chi connectivity index (χ1) is 24.4. The molecule has 5 aromatic carbocycles. The summed E-state index contributed by atoms with van der Waals surface area (Å²) in [5, 5.41) is 12.2. The van der Waals surface area contributed by atoms with Crippen LogP contribution in [0.2, 0.25) is 0 Å². The van der Waals surface area contributed by atoms with Gasteiger partial charge in [0.1, 0.15) is 0 Å². The van der Waals surface area contributed by atoms with Gasteiger partial charge in [-0.15, -0.1) is 0 Å². The lowest BCUT2D eigenvalue weighted by molar-refractivity contribution is -0.151. The van der Waals surface area contributed by atoms with Crippen molar-refractivity contribution < 1.29 is 24.2 Å². The lowest BCUT2D eigenvalue weighted by Crippen LogP contribution is -2.47. The zero-order chi connectivity index (χ0) is 34.1. The number of hydrogen-bond acceptors (Lipinski definition) is 5. The van der Waals surface area contributed by atoms with Gasteiger partial charge >= 0.3 is 0 Å². The highest BCUT2D eigenvalue weighted by atomic mass is 16.5. The van der Waals surface area contributed by atoms with Crippen molar-refractivity contribution in [3.8, 4) is 0 Å². The van der Waals surface area contributed by atoms with Crippen LogP contribution in [0.1, 0.15) is 52.4 Å². The molecule has 0 aromatic heterocycles. The average Bonchev–Trinajstić information content (AvgIpc) is 3.72. The zero-order valence-corrected chi connectivity index (χ0v) is 27.8. The van der Waals surface area contributed by atoms with E-state index in [9.17, 15) is 19.5 Å².